The zero-order valence-corrected chi connectivity index (χ0v) is 24.6. The summed E-state index contributed by atoms with van der Waals surface area (Å²) in [5.74, 6) is 0.100. The van der Waals surface area contributed by atoms with Gasteiger partial charge in [0, 0.05) is 16.7 Å². The van der Waals surface area contributed by atoms with Crippen molar-refractivity contribution in [1.82, 2.24) is 5.32 Å². The molecule has 0 saturated heterocycles. The van der Waals surface area contributed by atoms with Gasteiger partial charge in [-0.1, -0.05) is 46.3 Å². The molecule has 1 heterocycles. The van der Waals surface area contributed by atoms with E-state index in [2.05, 4.69) is 42.5 Å². The molecule has 1 aliphatic rings. The Morgan fingerprint density at radius 1 is 1.00 bits per heavy atom. The highest BCUT2D eigenvalue weighted by atomic mass is 79.9. The van der Waals surface area contributed by atoms with Gasteiger partial charge in [0.25, 0.3) is 15.9 Å². The number of sulfonamides is 1. The molecule has 0 spiro atoms. The minimum Gasteiger partial charge on any atom is -0.483 e. The summed E-state index contributed by atoms with van der Waals surface area (Å²) >= 11 is 12.2. The van der Waals surface area contributed by atoms with E-state index in [9.17, 15) is 13.2 Å². The Balaban J connectivity index is 1.17. The number of carbonyl (C=O) groups excluding carboxylic acids is 1. The Bertz CT molecular complexity index is 1660. The largest absolute Gasteiger partial charge is 0.483 e. The second kappa shape index (κ2) is 11.0. The molecule has 0 aliphatic carbocycles. The van der Waals surface area contributed by atoms with Gasteiger partial charge in [-0.15, -0.1) is 0 Å². The van der Waals surface area contributed by atoms with Crippen molar-refractivity contribution in [2.24, 2.45) is 0 Å². The van der Waals surface area contributed by atoms with E-state index in [0.29, 0.717) is 30.1 Å². The highest BCUT2D eigenvalue weighted by Gasteiger charge is 2.30. The topological polar surface area (TPSA) is 87.7 Å². The lowest BCUT2D eigenvalue weighted by molar-refractivity contribution is -0.121. The zero-order valence-electron chi connectivity index (χ0n) is 19.8. The van der Waals surface area contributed by atoms with Crippen molar-refractivity contribution in [2.75, 3.05) is 22.8 Å². The highest BCUT2D eigenvalue weighted by molar-refractivity contribution is 9.11. The van der Waals surface area contributed by atoms with Gasteiger partial charge in [-0.2, -0.15) is 0 Å². The summed E-state index contributed by atoms with van der Waals surface area (Å²) in [5.41, 5.74) is 2.27. The van der Waals surface area contributed by atoms with Crippen LogP contribution in [0.1, 0.15) is 5.56 Å². The molecule has 0 saturated carbocycles. The SMILES string of the molecule is O=C(COc1ccc2cc(Br)ccc2c1Br)NC(=S)Nc1ccc(S(=O)(=O)N2CCc3ccccc32)cc1. The number of hydrogen-bond donors (Lipinski definition) is 2. The third kappa shape index (κ3) is 5.56. The van der Waals surface area contributed by atoms with Crippen molar-refractivity contribution in [1.29, 1.82) is 0 Å². The zero-order chi connectivity index (χ0) is 26.9. The van der Waals surface area contributed by atoms with Gasteiger partial charge in [0.05, 0.1) is 15.1 Å². The van der Waals surface area contributed by atoms with Gasteiger partial charge >= 0.3 is 0 Å². The molecular formula is C27H21Br2N3O4S2. The van der Waals surface area contributed by atoms with Crippen molar-refractivity contribution in [2.45, 2.75) is 11.3 Å². The average molecular weight is 675 g/mol. The Hall–Kier alpha value is -2.99. The summed E-state index contributed by atoms with van der Waals surface area (Å²) < 4.78 is 35.2. The molecule has 0 fully saturated rings. The van der Waals surface area contributed by atoms with Crippen LogP contribution in [0.5, 0.6) is 5.75 Å². The number of benzene rings is 4. The summed E-state index contributed by atoms with van der Waals surface area (Å²) in [6.45, 7) is 0.171. The van der Waals surface area contributed by atoms with Crippen molar-refractivity contribution in [3.63, 3.8) is 0 Å². The molecule has 0 bridgehead atoms. The predicted octanol–water partition coefficient (Wildman–Crippen LogP) is 6.01. The van der Waals surface area contributed by atoms with Gasteiger partial charge in [-0.05, 0) is 99.4 Å². The number of hydrogen-bond acceptors (Lipinski definition) is 5. The molecule has 0 atom stereocenters. The smallest absolute Gasteiger partial charge is 0.264 e. The molecule has 4 aromatic carbocycles. The maximum absolute atomic E-state index is 13.2. The first-order chi connectivity index (χ1) is 18.2. The van der Waals surface area contributed by atoms with E-state index in [4.69, 9.17) is 17.0 Å². The van der Waals surface area contributed by atoms with Crippen molar-refractivity contribution >= 4 is 87.3 Å². The monoisotopic (exact) mass is 673 g/mol. The van der Waals surface area contributed by atoms with Gasteiger partial charge in [-0.25, -0.2) is 8.42 Å². The molecule has 4 aromatic rings. The molecule has 38 heavy (non-hydrogen) atoms. The van der Waals surface area contributed by atoms with Crippen molar-refractivity contribution < 1.29 is 17.9 Å². The summed E-state index contributed by atoms with van der Waals surface area (Å²) in [6, 6.07) is 23.3. The van der Waals surface area contributed by atoms with Crippen LogP contribution >= 0.6 is 44.1 Å². The lowest BCUT2D eigenvalue weighted by Gasteiger charge is -2.19. The fourth-order valence-corrected chi connectivity index (χ4v) is 6.94. The van der Waals surface area contributed by atoms with E-state index in [1.165, 1.54) is 16.4 Å². The van der Waals surface area contributed by atoms with Crippen LogP contribution in [0.2, 0.25) is 0 Å². The average Bonchev–Trinajstić information content (AvgIpc) is 3.34. The second-order valence-corrected chi connectivity index (χ2v) is 12.5. The van der Waals surface area contributed by atoms with Gasteiger partial charge in [-0.3, -0.25) is 14.4 Å². The first kappa shape index (κ1) is 26.6. The van der Waals surface area contributed by atoms with Crippen LogP contribution in [-0.4, -0.2) is 32.6 Å². The number of fused-ring (bicyclic) bond motifs is 2. The van der Waals surface area contributed by atoms with E-state index in [1.54, 1.807) is 18.2 Å². The number of carbonyl (C=O) groups is 1. The van der Waals surface area contributed by atoms with E-state index in [-0.39, 0.29) is 16.6 Å². The molecule has 5 rings (SSSR count). The molecule has 194 valence electrons. The van der Waals surface area contributed by atoms with Gasteiger partial charge in [0.2, 0.25) is 0 Å². The lowest BCUT2D eigenvalue weighted by atomic mass is 10.1. The normalized spacial score (nSPS) is 12.7. The van der Waals surface area contributed by atoms with Gasteiger partial charge < -0.3 is 10.1 Å². The number of nitrogens with zero attached hydrogens (tertiary/aromatic N) is 1. The molecule has 11 heteroatoms. The Kier molecular flexibility index (Phi) is 7.71. The van der Waals surface area contributed by atoms with E-state index in [1.807, 2.05) is 48.5 Å². The number of halogens is 2. The van der Waals surface area contributed by atoms with E-state index >= 15 is 0 Å². The van der Waals surface area contributed by atoms with E-state index in [0.717, 1.165) is 25.3 Å². The Labute approximate surface area is 242 Å². The van der Waals surface area contributed by atoms with Crippen molar-refractivity contribution in [3.8, 4) is 5.75 Å². The summed E-state index contributed by atoms with van der Waals surface area (Å²) in [4.78, 5) is 12.6. The Morgan fingerprint density at radius 2 is 1.76 bits per heavy atom. The number of anilines is 2. The van der Waals surface area contributed by atoms with Crippen LogP contribution in [0, 0.1) is 0 Å². The van der Waals surface area contributed by atoms with Gasteiger partial charge in [0.1, 0.15) is 5.75 Å². The fourth-order valence-electron chi connectivity index (χ4n) is 4.22. The molecule has 0 unspecified atom stereocenters. The highest BCUT2D eigenvalue weighted by Crippen LogP contribution is 2.35. The van der Waals surface area contributed by atoms with Crippen LogP contribution in [0.15, 0.2) is 92.7 Å². The summed E-state index contributed by atoms with van der Waals surface area (Å²) in [5, 5.41) is 7.53. The summed E-state index contributed by atoms with van der Waals surface area (Å²) in [7, 11) is -3.69. The van der Waals surface area contributed by atoms with Crippen LogP contribution in [0.4, 0.5) is 11.4 Å². The van der Waals surface area contributed by atoms with Crippen LogP contribution in [0.3, 0.4) is 0 Å². The van der Waals surface area contributed by atoms with E-state index < -0.39 is 15.9 Å². The van der Waals surface area contributed by atoms with Crippen LogP contribution < -0.4 is 19.7 Å². The number of ether oxygens (including phenoxy) is 1. The lowest BCUT2D eigenvalue weighted by Crippen LogP contribution is -2.37. The maximum atomic E-state index is 13.2. The number of rotatable bonds is 6. The predicted molar refractivity (Wildman–Crippen MR) is 160 cm³/mol. The van der Waals surface area contributed by atoms with Gasteiger partial charge in [0.15, 0.2) is 11.7 Å². The quantitative estimate of drug-likeness (QED) is 0.244. The molecule has 2 N–H and O–H groups in total. The molecule has 0 radical (unpaired) electrons. The fraction of sp³-hybridized carbons (Fsp3) is 0.111. The minimum atomic E-state index is -3.69. The van der Waals surface area contributed by atoms with Crippen molar-refractivity contribution in [3.05, 3.63) is 93.4 Å². The van der Waals surface area contributed by atoms with Crippen LogP contribution in [-0.2, 0) is 21.2 Å². The third-order valence-corrected chi connectivity index (χ3v) is 9.38. The maximum Gasteiger partial charge on any atom is 0.264 e. The Morgan fingerprint density at radius 3 is 2.55 bits per heavy atom. The second-order valence-electron chi connectivity index (χ2n) is 8.51. The molecule has 1 aliphatic heterocycles. The summed E-state index contributed by atoms with van der Waals surface area (Å²) in [6.07, 6.45) is 0.683. The third-order valence-electron chi connectivity index (χ3n) is 6.04. The number of thiocarbonyl (C=S) groups is 1. The molecule has 1 amide bonds. The van der Waals surface area contributed by atoms with Crippen LogP contribution in [0.25, 0.3) is 10.8 Å². The number of amides is 1. The molecule has 0 aromatic heterocycles. The first-order valence-corrected chi connectivity index (χ1v) is 15.0. The first-order valence-electron chi connectivity index (χ1n) is 11.5. The number of nitrogens with one attached hydrogen (secondary N) is 2. The minimum absolute atomic E-state index is 0.0742. The number of para-hydroxylation sites is 1. The molecular weight excluding hydrogens is 654 g/mol. The molecule has 7 nitrogen and oxygen atoms in total. The standard InChI is InChI=1S/C27H21Br2N3O4S2/c28-19-6-11-22-18(15-19)5-12-24(26(22)29)36-16-25(33)31-27(37)30-20-7-9-21(10-8-20)38(34,35)32-14-13-17-3-1-2-4-23(17)32/h1-12,15H,13-14,16H2,(H2,30,31,33,37).